The highest BCUT2D eigenvalue weighted by Gasteiger charge is 2.11. The van der Waals surface area contributed by atoms with Crippen LogP contribution < -0.4 is 0 Å². The van der Waals surface area contributed by atoms with E-state index >= 15 is 0 Å². The number of aromatic nitrogens is 1. The zero-order valence-electron chi connectivity index (χ0n) is 14.2. The number of nitrogens with one attached hydrogen (secondary N) is 1. The molecule has 3 aromatic rings. The molecule has 2 aromatic carbocycles. The molecule has 1 heteroatoms. The summed E-state index contributed by atoms with van der Waals surface area (Å²) in [4.78, 5) is 3.30. The van der Waals surface area contributed by atoms with Gasteiger partial charge in [-0.25, -0.2) is 0 Å². The molecule has 0 atom stereocenters. The lowest BCUT2D eigenvalue weighted by atomic mass is 9.97. The second kappa shape index (κ2) is 6.82. The molecule has 0 saturated carbocycles. The number of allylic oxidation sites excluding steroid dienone is 6. The van der Waals surface area contributed by atoms with E-state index in [1.807, 2.05) is 18.3 Å². The van der Waals surface area contributed by atoms with Gasteiger partial charge in [-0.2, -0.15) is 0 Å². The summed E-state index contributed by atoms with van der Waals surface area (Å²) in [5, 5.41) is 1.24. The van der Waals surface area contributed by atoms with E-state index in [4.69, 9.17) is 0 Å². The van der Waals surface area contributed by atoms with Crippen molar-refractivity contribution < 1.29 is 0 Å². The van der Waals surface area contributed by atoms with E-state index in [-0.39, 0.29) is 0 Å². The van der Waals surface area contributed by atoms with Crippen LogP contribution in [0.5, 0.6) is 0 Å². The molecule has 1 aliphatic carbocycles. The molecule has 0 spiro atoms. The lowest BCUT2D eigenvalue weighted by Crippen LogP contribution is -1.89. The Morgan fingerprint density at radius 1 is 1.00 bits per heavy atom. The van der Waals surface area contributed by atoms with Gasteiger partial charge in [-0.15, -0.1) is 0 Å². The molecule has 0 amide bonds. The average molecular weight is 323 g/mol. The molecule has 1 aromatic heterocycles. The van der Waals surface area contributed by atoms with E-state index in [1.54, 1.807) is 0 Å². The highest BCUT2D eigenvalue weighted by atomic mass is 14.7. The third kappa shape index (κ3) is 3.27. The lowest BCUT2D eigenvalue weighted by molar-refractivity contribution is 0.971. The van der Waals surface area contributed by atoms with Gasteiger partial charge in [-0.05, 0) is 64.3 Å². The second-order valence-electron chi connectivity index (χ2n) is 6.40. The minimum absolute atomic E-state index is 1.05. The molecular weight excluding hydrogens is 302 g/mol. The molecule has 0 aliphatic heterocycles. The fourth-order valence-corrected chi connectivity index (χ4v) is 3.43. The van der Waals surface area contributed by atoms with Crippen LogP contribution in [0.3, 0.4) is 0 Å². The molecule has 1 nitrogen and oxygen atoms in total. The van der Waals surface area contributed by atoms with Gasteiger partial charge in [0.2, 0.25) is 0 Å². The maximum atomic E-state index is 3.79. The summed E-state index contributed by atoms with van der Waals surface area (Å²) in [6.45, 7) is 3.79. The molecule has 1 N–H and O–H groups in total. The van der Waals surface area contributed by atoms with Gasteiger partial charge in [-0.1, -0.05) is 67.3 Å². The van der Waals surface area contributed by atoms with Gasteiger partial charge in [0, 0.05) is 11.7 Å². The summed E-state index contributed by atoms with van der Waals surface area (Å²) in [5.41, 5.74) is 7.73. The maximum Gasteiger partial charge on any atom is 0.0459 e. The summed E-state index contributed by atoms with van der Waals surface area (Å²) in [6.07, 6.45) is 14.7. The van der Waals surface area contributed by atoms with Crippen LogP contribution in [0.1, 0.15) is 23.1 Å². The zero-order chi connectivity index (χ0) is 17.1. The number of H-pyrrole nitrogens is 1. The molecule has 0 fully saturated rings. The van der Waals surface area contributed by atoms with Gasteiger partial charge >= 0.3 is 0 Å². The Hall–Kier alpha value is -3.06. The van der Waals surface area contributed by atoms with Crippen LogP contribution in [0.4, 0.5) is 0 Å². The van der Waals surface area contributed by atoms with Crippen molar-refractivity contribution in [2.45, 2.75) is 12.8 Å². The zero-order valence-corrected chi connectivity index (χ0v) is 14.2. The predicted molar refractivity (Wildman–Crippen MR) is 108 cm³/mol. The Balaban J connectivity index is 1.84. The quantitative estimate of drug-likeness (QED) is 0.543. The lowest BCUT2D eigenvalue weighted by Gasteiger charge is -2.07. The van der Waals surface area contributed by atoms with Crippen LogP contribution in [0.2, 0.25) is 0 Å². The van der Waals surface area contributed by atoms with Gasteiger partial charge in [0.25, 0.3) is 0 Å². The second-order valence-corrected chi connectivity index (χ2v) is 6.40. The Morgan fingerprint density at radius 3 is 2.84 bits per heavy atom. The summed E-state index contributed by atoms with van der Waals surface area (Å²) in [6, 6.07) is 17.4. The van der Waals surface area contributed by atoms with Crippen molar-refractivity contribution in [3.05, 3.63) is 108 Å². The Kier molecular flexibility index (Phi) is 4.22. The van der Waals surface area contributed by atoms with E-state index in [2.05, 4.69) is 78.3 Å². The van der Waals surface area contributed by atoms with Crippen molar-refractivity contribution in [3.8, 4) is 0 Å². The molecule has 0 unspecified atom stereocenters. The smallest absolute Gasteiger partial charge is 0.0459 e. The predicted octanol–water partition coefficient (Wildman–Crippen LogP) is 6.32. The summed E-state index contributed by atoms with van der Waals surface area (Å²) >= 11 is 0. The SMILES string of the molecule is C=C/C=C\C1=CC(=C\c2ccc3cc[nH]c3c2)/c2ccccc2CC1. The van der Waals surface area contributed by atoms with Crippen molar-refractivity contribution in [1.29, 1.82) is 0 Å². The third-order valence-corrected chi connectivity index (χ3v) is 4.70. The molecule has 1 aliphatic rings. The van der Waals surface area contributed by atoms with Crippen molar-refractivity contribution in [3.63, 3.8) is 0 Å². The number of hydrogen-bond acceptors (Lipinski definition) is 0. The topological polar surface area (TPSA) is 15.8 Å². The summed E-state index contributed by atoms with van der Waals surface area (Å²) in [7, 11) is 0. The normalized spacial score (nSPS) is 16.0. The highest BCUT2D eigenvalue weighted by molar-refractivity contribution is 5.92. The van der Waals surface area contributed by atoms with Crippen molar-refractivity contribution in [2.24, 2.45) is 0 Å². The van der Waals surface area contributed by atoms with Gasteiger partial charge in [0.05, 0.1) is 0 Å². The number of benzene rings is 2. The van der Waals surface area contributed by atoms with E-state index in [0.29, 0.717) is 0 Å². The van der Waals surface area contributed by atoms with Crippen LogP contribution in [-0.4, -0.2) is 4.98 Å². The van der Waals surface area contributed by atoms with E-state index < -0.39 is 0 Å². The Labute approximate surface area is 148 Å². The van der Waals surface area contributed by atoms with Crippen LogP contribution >= 0.6 is 0 Å². The molecule has 0 saturated heterocycles. The van der Waals surface area contributed by atoms with Gasteiger partial charge in [0.1, 0.15) is 0 Å². The van der Waals surface area contributed by atoms with E-state index in [0.717, 1.165) is 12.8 Å². The summed E-state index contributed by atoms with van der Waals surface area (Å²) < 4.78 is 0. The first-order valence-electron chi connectivity index (χ1n) is 8.70. The van der Waals surface area contributed by atoms with Crippen LogP contribution in [-0.2, 0) is 6.42 Å². The van der Waals surface area contributed by atoms with Crippen LogP contribution in [0.25, 0.3) is 22.6 Å². The number of hydrogen-bond donors (Lipinski definition) is 1. The van der Waals surface area contributed by atoms with Gasteiger partial charge in [0.15, 0.2) is 0 Å². The number of aromatic amines is 1. The number of fused-ring (bicyclic) bond motifs is 2. The molecule has 4 rings (SSSR count). The summed E-state index contributed by atoms with van der Waals surface area (Å²) in [5.74, 6) is 0. The fraction of sp³-hybridized carbons (Fsp3) is 0.0833. The van der Waals surface area contributed by atoms with Crippen molar-refractivity contribution in [2.75, 3.05) is 0 Å². The molecule has 122 valence electrons. The van der Waals surface area contributed by atoms with Crippen LogP contribution in [0.15, 0.2) is 91.2 Å². The minimum Gasteiger partial charge on any atom is -0.361 e. The monoisotopic (exact) mass is 323 g/mol. The first-order chi connectivity index (χ1) is 12.3. The minimum atomic E-state index is 1.05. The highest BCUT2D eigenvalue weighted by Crippen LogP contribution is 2.31. The largest absolute Gasteiger partial charge is 0.361 e. The van der Waals surface area contributed by atoms with Crippen molar-refractivity contribution >= 4 is 22.6 Å². The van der Waals surface area contributed by atoms with E-state index in [9.17, 15) is 0 Å². The molecule has 25 heavy (non-hydrogen) atoms. The number of rotatable bonds is 3. The number of aryl methyl sites for hydroxylation is 1. The molecule has 0 bridgehead atoms. The first-order valence-corrected chi connectivity index (χ1v) is 8.70. The van der Waals surface area contributed by atoms with Gasteiger partial charge < -0.3 is 4.98 Å². The van der Waals surface area contributed by atoms with Crippen molar-refractivity contribution in [1.82, 2.24) is 4.98 Å². The van der Waals surface area contributed by atoms with Crippen LogP contribution in [0, 0.1) is 0 Å². The average Bonchev–Trinajstić information content (AvgIpc) is 3.04. The fourth-order valence-electron chi connectivity index (χ4n) is 3.43. The Bertz CT molecular complexity index is 1010. The molecule has 1 heterocycles. The first kappa shape index (κ1) is 15.5. The molecule has 0 radical (unpaired) electrons. The molecular formula is C24H21N. The third-order valence-electron chi connectivity index (χ3n) is 4.70. The standard InChI is InChI=1S/C24H21N/c1-2-3-6-18-9-11-20-7-4-5-8-23(20)22(15-18)16-19-10-12-21-13-14-25-24(21)17-19/h2-8,10,12-17,25H,1,9,11H2/b6-3-,22-16+. The van der Waals surface area contributed by atoms with E-state index in [1.165, 1.54) is 38.7 Å². The maximum absolute atomic E-state index is 3.79. The Morgan fingerprint density at radius 2 is 1.92 bits per heavy atom. The van der Waals surface area contributed by atoms with Gasteiger partial charge in [-0.3, -0.25) is 0 Å².